The van der Waals surface area contributed by atoms with Crippen molar-refractivity contribution in [2.45, 2.75) is 13.8 Å². The van der Waals surface area contributed by atoms with Crippen molar-refractivity contribution >= 4 is 11.6 Å². The summed E-state index contributed by atoms with van der Waals surface area (Å²) in [5, 5.41) is 12.8. The summed E-state index contributed by atoms with van der Waals surface area (Å²) < 4.78 is 5.76. The number of anilines is 1. The van der Waals surface area contributed by atoms with E-state index in [1.807, 2.05) is 37.3 Å². The quantitative estimate of drug-likeness (QED) is 0.702. The van der Waals surface area contributed by atoms with E-state index in [9.17, 15) is 9.90 Å². The molecule has 4 heteroatoms. The molecule has 0 aliphatic rings. The van der Waals surface area contributed by atoms with E-state index in [1.54, 1.807) is 43.3 Å². The van der Waals surface area contributed by atoms with Gasteiger partial charge in [-0.15, -0.1) is 0 Å². The summed E-state index contributed by atoms with van der Waals surface area (Å²) in [6, 6.07) is 19.9. The smallest absolute Gasteiger partial charge is 0.255 e. The van der Waals surface area contributed by atoms with Crippen LogP contribution in [0.25, 0.3) is 0 Å². The van der Waals surface area contributed by atoms with Crippen molar-refractivity contribution in [1.29, 1.82) is 0 Å². The van der Waals surface area contributed by atoms with Gasteiger partial charge in [-0.05, 0) is 55.8 Å². The number of hydrogen-bond acceptors (Lipinski definition) is 3. The predicted octanol–water partition coefficient (Wildman–Crippen LogP) is 5.05. The molecule has 0 spiro atoms. The molecule has 0 aliphatic heterocycles. The number of rotatable bonds is 4. The third-order valence-corrected chi connectivity index (χ3v) is 3.96. The Hall–Kier alpha value is -3.27. The van der Waals surface area contributed by atoms with Gasteiger partial charge in [-0.1, -0.05) is 30.3 Å². The van der Waals surface area contributed by atoms with Crippen molar-refractivity contribution in [3.63, 3.8) is 0 Å². The predicted molar refractivity (Wildman–Crippen MR) is 98.5 cm³/mol. The maximum atomic E-state index is 12.5. The lowest BCUT2D eigenvalue weighted by atomic mass is 10.1. The number of phenols is 1. The van der Waals surface area contributed by atoms with Crippen LogP contribution in [-0.2, 0) is 0 Å². The number of carbonyl (C=O) groups excluding carboxylic acids is 1. The van der Waals surface area contributed by atoms with Crippen LogP contribution in [0, 0.1) is 13.8 Å². The Morgan fingerprint density at radius 2 is 1.64 bits per heavy atom. The van der Waals surface area contributed by atoms with Gasteiger partial charge in [0.25, 0.3) is 5.91 Å². The number of carbonyl (C=O) groups is 1. The summed E-state index contributed by atoms with van der Waals surface area (Å²) in [5.74, 6) is 1.23. The lowest BCUT2D eigenvalue weighted by Gasteiger charge is -2.12. The highest BCUT2D eigenvalue weighted by Gasteiger charge is 2.12. The molecule has 0 aliphatic carbocycles. The minimum Gasteiger partial charge on any atom is -0.507 e. The Bertz CT molecular complexity index is 904. The minimum absolute atomic E-state index is 0.193. The Labute approximate surface area is 146 Å². The van der Waals surface area contributed by atoms with Gasteiger partial charge < -0.3 is 15.2 Å². The lowest BCUT2D eigenvalue weighted by Crippen LogP contribution is -2.12. The first-order chi connectivity index (χ1) is 12.0. The molecule has 3 aromatic rings. The highest BCUT2D eigenvalue weighted by molar-refractivity contribution is 6.05. The number of hydrogen-bond donors (Lipinski definition) is 2. The zero-order valence-corrected chi connectivity index (χ0v) is 14.1. The lowest BCUT2D eigenvalue weighted by molar-refractivity contribution is 0.102. The number of aromatic hydroxyl groups is 1. The molecule has 0 heterocycles. The van der Waals surface area contributed by atoms with E-state index in [0.29, 0.717) is 28.3 Å². The number of phenolic OH excluding ortho intramolecular Hbond substituents is 1. The van der Waals surface area contributed by atoms with E-state index in [0.717, 1.165) is 5.56 Å². The van der Waals surface area contributed by atoms with Crippen molar-refractivity contribution in [2.24, 2.45) is 0 Å². The maximum absolute atomic E-state index is 12.5. The van der Waals surface area contributed by atoms with Crippen molar-refractivity contribution in [3.05, 3.63) is 83.4 Å². The van der Waals surface area contributed by atoms with Crippen molar-refractivity contribution in [1.82, 2.24) is 0 Å². The number of amides is 1. The molecule has 0 aromatic heterocycles. The fourth-order valence-corrected chi connectivity index (χ4v) is 2.49. The second-order valence-corrected chi connectivity index (χ2v) is 5.80. The molecular formula is C21H19NO3. The summed E-state index contributed by atoms with van der Waals surface area (Å²) in [6.45, 7) is 3.59. The molecule has 1 amide bonds. The third-order valence-electron chi connectivity index (χ3n) is 3.96. The van der Waals surface area contributed by atoms with E-state index < -0.39 is 0 Å². The van der Waals surface area contributed by atoms with Gasteiger partial charge in [0.15, 0.2) is 0 Å². The summed E-state index contributed by atoms with van der Waals surface area (Å²) in [5.41, 5.74) is 2.48. The molecule has 0 saturated carbocycles. The Kier molecular flexibility index (Phi) is 4.70. The molecular weight excluding hydrogens is 314 g/mol. The van der Waals surface area contributed by atoms with Crippen LogP contribution in [0.1, 0.15) is 21.5 Å². The van der Waals surface area contributed by atoms with Crippen LogP contribution in [0.3, 0.4) is 0 Å². The van der Waals surface area contributed by atoms with Gasteiger partial charge in [-0.3, -0.25) is 4.79 Å². The Morgan fingerprint density at radius 1 is 0.920 bits per heavy atom. The topological polar surface area (TPSA) is 58.6 Å². The van der Waals surface area contributed by atoms with E-state index in [1.165, 1.54) is 0 Å². The highest BCUT2D eigenvalue weighted by Crippen LogP contribution is 2.29. The number of para-hydroxylation sites is 1. The largest absolute Gasteiger partial charge is 0.507 e. The molecule has 126 valence electrons. The molecule has 3 aromatic carbocycles. The summed E-state index contributed by atoms with van der Waals surface area (Å²) in [7, 11) is 0. The molecule has 0 atom stereocenters. The fourth-order valence-electron chi connectivity index (χ4n) is 2.49. The third kappa shape index (κ3) is 3.80. The number of aryl methyl sites for hydroxylation is 1. The average Bonchev–Trinajstić information content (AvgIpc) is 2.63. The summed E-state index contributed by atoms with van der Waals surface area (Å²) in [4.78, 5) is 12.5. The first kappa shape index (κ1) is 16.6. The van der Waals surface area contributed by atoms with Crippen molar-refractivity contribution in [2.75, 3.05) is 5.32 Å². The van der Waals surface area contributed by atoms with Crippen LogP contribution in [-0.4, -0.2) is 11.0 Å². The molecule has 0 saturated heterocycles. The monoisotopic (exact) mass is 333 g/mol. The van der Waals surface area contributed by atoms with Crippen molar-refractivity contribution < 1.29 is 14.6 Å². The van der Waals surface area contributed by atoms with Crippen LogP contribution < -0.4 is 10.1 Å². The molecule has 2 N–H and O–H groups in total. The molecule has 25 heavy (non-hydrogen) atoms. The standard InChI is InChI=1S/C21H19NO3/c1-14-11-12-19(15(2)20(14)23)22-21(24)16-7-6-10-18(13-16)25-17-8-4-3-5-9-17/h3-13,23H,1-2H3,(H,22,24). The van der Waals surface area contributed by atoms with E-state index in [2.05, 4.69) is 5.32 Å². The van der Waals surface area contributed by atoms with Crippen LogP contribution in [0.15, 0.2) is 66.7 Å². The number of nitrogens with one attached hydrogen (secondary N) is 1. The molecule has 3 rings (SSSR count). The zero-order chi connectivity index (χ0) is 17.8. The average molecular weight is 333 g/mol. The zero-order valence-electron chi connectivity index (χ0n) is 14.1. The van der Waals surface area contributed by atoms with Crippen LogP contribution in [0.5, 0.6) is 17.2 Å². The summed E-state index contributed by atoms with van der Waals surface area (Å²) >= 11 is 0. The fraction of sp³-hybridized carbons (Fsp3) is 0.0952. The molecule has 0 bridgehead atoms. The second-order valence-electron chi connectivity index (χ2n) is 5.80. The Morgan fingerprint density at radius 3 is 2.40 bits per heavy atom. The normalized spacial score (nSPS) is 10.3. The number of ether oxygens (including phenoxy) is 1. The van der Waals surface area contributed by atoms with Crippen molar-refractivity contribution in [3.8, 4) is 17.2 Å². The molecule has 0 fully saturated rings. The minimum atomic E-state index is -0.259. The van der Waals surface area contributed by atoms with E-state index >= 15 is 0 Å². The first-order valence-electron chi connectivity index (χ1n) is 7.98. The second kappa shape index (κ2) is 7.09. The van der Waals surface area contributed by atoms with E-state index in [4.69, 9.17) is 4.74 Å². The highest BCUT2D eigenvalue weighted by atomic mass is 16.5. The van der Waals surface area contributed by atoms with Gasteiger partial charge in [0, 0.05) is 16.8 Å². The van der Waals surface area contributed by atoms with Gasteiger partial charge in [-0.2, -0.15) is 0 Å². The molecule has 0 unspecified atom stereocenters. The molecule has 0 radical (unpaired) electrons. The number of benzene rings is 3. The van der Waals surface area contributed by atoms with Gasteiger partial charge in [0.1, 0.15) is 17.2 Å². The van der Waals surface area contributed by atoms with Gasteiger partial charge in [0.05, 0.1) is 0 Å². The maximum Gasteiger partial charge on any atom is 0.255 e. The summed E-state index contributed by atoms with van der Waals surface area (Å²) in [6.07, 6.45) is 0. The van der Waals surface area contributed by atoms with E-state index in [-0.39, 0.29) is 11.7 Å². The van der Waals surface area contributed by atoms with Gasteiger partial charge in [-0.25, -0.2) is 0 Å². The Balaban J connectivity index is 1.79. The molecule has 4 nitrogen and oxygen atoms in total. The SMILES string of the molecule is Cc1ccc(NC(=O)c2cccc(Oc3ccccc3)c2)c(C)c1O. The van der Waals surface area contributed by atoms with Crippen LogP contribution >= 0.6 is 0 Å². The van der Waals surface area contributed by atoms with Gasteiger partial charge in [0.2, 0.25) is 0 Å². The van der Waals surface area contributed by atoms with Crippen LogP contribution in [0.4, 0.5) is 5.69 Å². The van der Waals surface area contributed by atoms with Gasteiger partial charge >= 0.3 is 0 Å². The van der Waals surface area contributed by atoms with Crippen LogP contribution in [0.2, 0.25) is 0 Å². The first-order valence-corrected chi connectivity index (χ1v) is 7.98.